The third-order valence-electron chi connectivity index (χ3n) is 5.91. The molecule has 3 N–H and O–H groups in total. The quantitative estimate of drug-likeness (QED) is 0.212. The van der Waals surface area contributed by atoms with E-state index in [4.69, 9.17) is 10.6 Å². The number of nitrogens with zero attached hydrogens (tertiary/aromatic N) is 4. The number of quaternary nitrogens is 1. The van der Waals surface area contributed by atoms with Gasteiger partial charge >= 0.3 is 0 Å². The van der Waals surface area contributed by atoms with Crippen LogP contribution < -0.4 is 16.2 Å². The fraction of sp³-hybridized carbons (Fsp3) is 0.526. The number of nitrogen functional groups attached to an aromatic ring is 1. The molecule has 172 valence electrons. The Morgan fingerprint density at radius 3 is 2.75 bits per heavy atom. The molecule has 2 saturated heterocycles. The van der Waals surface area contributed by atoms with Crippen LogP contribution in [-0.2, 0) is 19.2 Å². The number of hydrogen-bond donors (Lipinski definition) is 2. The van der Waals surface area contributed by atoms with E-state index in [0.717, 1.165) is 41.8 Å². The number of fused-ring (bicyclic) bond motifs is 1. The predicted molar refractivity (Wildman–Crippen MR) is 117 cm³/mol. The van der Waals surface area contributed by atoms with Crippen LogP contribution in [0.2, 0.25) is 0 Å². The van der Waals surface area contributed by atoms with E-state index in [2.05, 4.69) is 22.5 Å². The molecular weight excluding hydrogens is 456 g/mol. The zero-order valence-corrected chi connectivity index (χ0v) is 19.3. The van der Waals surface area contributed by atoms with Crippen LogP contribution in [0.25, 0.3) is 0 Å². The summed E-state index contributed by atoms with van der Waals surface area (Å²) in [6.45, 7) is 2.53. The van der Waals surface area contributed by atoms with Crippen molar-refractivity contribution in [2.45, 2.75) is 24.3 Å². The molecule has 4 heterocycles. The van der Waals surface area contributed by atoms with Crippen LogP contribution >= 0.6 is 23.1 Å². The molecule has 32 heavy (non-hydrogen) atoms. The number of likely N-dealkylation sites (N-methyl/N-ethyl adjacent to an activating group) is 1. The Bertz CT molecular complexity index is 1020. The number of carboxylic acid groups (broad SMARTS) is 1. The minimum absolute atomic E-state index is 0.0615. The SMILES string of the molecule is CO/N=C(\C(=O)N[C@@H]1C(=O)N2C(C(=O)[O-])=C(C[N+]3(C)CCCC3)CS[C@@H]12)c1csc(N)n1. The number of carbonyl (C=O) groups excluding carboxylic acids is 3. The second-order valence-corrected chi connectivity index (χ2v) is 10.2. The summed E-state index contributed by atoms with van der Waals surface area (Å²) in [4.78, 5) is 47.7. The van der Waals surface area contributed by atoms with Crippen LogP contribution in [0.5, 0.6) is 0 Å². The van der Waals surface area contributed by atoms with E-state index in [-0.39, 0.29) is 22.2 Å². The monoisotopic (exact) mass is 480 g/mol. The largest absolute Gasteiger partial charge is 0.543 e. The van der Waals surface area contributed by atoms with Gasteiger partial charge in [0, 0.05) is 29.5 Å². The third kappa shape index (κ3) is 4.07. The molecule has 11 nitrogen and oxygen atoms in total. The number of hydrogen-bond acceptors (Lipinski definition) is 10. The van der Waals surface area contributed by atoms with Crippen molar-refractivity contribution in [3.63, 3.8) is 0 Å². The number of β-lactam (4-membered cyclic amide) rings is 1. The molecular formula is C19H24N6O5S2. The molecule has 0 unspecified atom stereocenters. The topological polar surface area (TPSA) is 150 Å². The number of nitrogens with one attached hydrogen (secondary N) is 1. The van der Waals surface area contributed by atoms with Gasteiger partial charge in [-0.3, -0.25) is 14.5 Å². The molecule has 0 radical (unpaired) electrons. The highest BCUT2D eigenvalue weighted by atomic mass is 32.2. The maximum absolute atomic E-state index is 12.9. The molecule has 3 aliphatic rings. The molecule has 3 aliphatic heterocycles. The van der Waals surface area contributed by atoms with Crippen molar-refractivity contribution in [1.29, 1.82) is 0 Å². The zero-order chi connectivity index (χ0) is 23.0. The fourth-order valence-electron chi connectivity index (χ4n) is 4.41. The van der Waals surface area contributed by atoms with Crippen molar-refractivity contribution < 1.29 is 28.8 Å². The standard InChI is InChI=1S/C19H24N6O5S2/c1-25(5-3-4-6-25)7-10-8-31-17-13(16(27)24(17)14(10)18(28)29)22-15(26)12(23-30-2)11-9-32-19(20)21-11/h9,13,17H,3-8H2,1-2H3,(H3-,20,21,22,26,28,29)/b23-12-/t13-,17+/m1/s1. The van der Waals surface area contributed by atoms with Gasteiger partial charge in [-0.05, 0) is 0 Å². The van der Waals surface area contributed by atoms with E-state index in [0.29, 0.717) is 17.9 Å². The number of thiazole rings is 1. The average molecular weight is 481 g/mol. The lowest BCUT2D eigenvalue weighted by Gasteiger charge is -2.51. The highest BCUT2D eigenvalue weighted by Crippen LogP contribution is 2.41. The Balaban J connectivity index is 1.52. The summed E-state index contributed by atoms with van der Waals surface area (Å²) < 4.78 is 0.757. The Morgan fingerprint density at radius 1 is 1.44 bits per heavy atom. The molecule has 2 atom stereocenters. The number of aromatic nitrogens is 1. The van der Waals surface area contributed by atoms with Crippen LogP contribution in [0.1, 0.15) is 18.5 Å². The molecule has 0 aliphatic carbocycles. The summed E-state index contributed by atoms with van der Waals surface area (Å²) in [7, 11) is 3.39. The molecule has 1 aromatic rings. The number of thioether (sulfide) groups is 1. The van der Waals surface area contributed by atoms with Gasteiger partial charge in [0.1, 0.15) is 30.8 Å². The van der Waals surface area contributed by atoms with Crippen molar-refractivity contribution in [2.24, 2.45) is 5.16 Å². The lowest BCUT2D eigenvalue weighted by atomic mass is 10.0. The summed E-state index contributed by atoms with van der Waals surface area (Å²) in [5, 5.41) is 19.6. The number of amides is 2. The number of rotatable bonds is 7. The first-order valence-electron chi connectivity index (χ1n) is 10.1. The van der Waals surface area contributed by atoms with Gasteiger partial charge < -0.3 is 30.3 Å². The Kier molecular flexibility index (Phi) is 6.14. The first kappa shape index (κ1) is 22.6. The number of likely N-dealkylation sites (tertiary alicyclic amines) is 1. The molecule has 2 amide bonds. The van der Waals surface area contributed by atoms with Gasteiger partial charge in [0.25, 0.3) is 11.8 Å². The molecule has 2 fully saturated rings. The van der Waals surface area contributed by atoms with Crippen molar-refractivity contribution >= 4 is 51.7 Å². The Morgan fingerprint density at radius 2 is 2.16 bits per heavy atom. The lowest BCUT2D eigenvalue weighted by Crippen LogP contribution is -2.71. The van der Waals surface area contributed by atoms with Crippen LogP contribution in [0.15, 0.2) is 21.8 Å². The maximum Gasteiger partial charge on any atom is 0.276 e. The second-order valence-electron chi connectivity index (χ2n) is 8.23. The van der Waals surface area contributed by atoms with Crippen molar-refractivity contribution in [3.05, 3.63) is 22.3 Å². The summed E-state index contributed by atoms with van der Waals surface area (Å²) in [6.07, 6.45) is 2.21. The molecule has 1 aromatic heterocycles. The lowest BCUT2D eigenvalue weighted by molar-refractivity contribution is -0.893. The molecule has 0 spiro atoms. The van der Waals surface area contributed by atoms with E-state index in [1.54, 1.807) is 5.38 Å². The smallest absolute Gasteiger partial charge is 0.276 e. The molecule has 0 aromatic carbocycles. The van der Waals surface area contributed by atoms with Gasteiger partial charge in [-0.25, -0.2) is 4.98 Å². The summed E-state index contributed by atoms with van der Waals surface area (Å²) >= 11 is 2.57. The van der Waals surface area contributed by atoms with Gasteiger partial charge in [0.2, 0.25) is 0 Å². The van der Waals surface area contributed by atoms with Crippen molar-refractivity contribution in [1.82, 2.24) is 15.2 Å². The van der Waals surface area contributed by atoms with Gasteiger partial charge in [0.15, 0.2) is 10.8 Å². The van der Waals surface area contributed by atoms with E-state index < -0.39 is 29.2 Å². The number of aliphatic carboxylic acids is 1. The number of nitrogens with two attached hydrogens (primary N) is 1. The Labute approximate surface area is 192 Å². The van der Waals surface area contributed by atoms with E-state index in [1.807, 2.05) is 0 Å². The van der Waals surface area contributed by atoms with Gasteiger partial charge in [-0.1, -0.05) is 5.16 Å². The van der Waals surface area contributed by atoms with Gasteiger partial charge in [-0.15, -0.1) is 23.1 Å². The number of anilines is 1. The molecule has 0 saturated carbocycles. The van der Waals surface area contributed by atoms with Gasteiger partial charge in [0.05, 0.1) is 31.8 Å². The van der Waals surface area contributed by atoms with E-state index in [9.17, 15) is 19.5 Å². The normalized spacial score (nSPS) is 24.8. The molecule has 13 heteroatoms. The fourth-order valence-corrected chi connectivity index (χ4v) is 6.30. The summed E-state index contributed by atoms with van der Waals surface area (Å²) in [5.41, 5.74) is 6.39. The minimum Gasteiger partial charge on any atom is -0.543 e. The number of carboxylic acids is 1. The molecule has 0 bridgehead atoms. The van der Waals surface area contributed by atoms with Gasteiger partial charge in [-0.2, -0.15) is 0 Å². The third-order valence-corrected chi connectivity index (χ3v) is 7.92. The van der Waals surface area contributed by atoms with Crippen LogP contribution in [0.4, 0.5) is 5.13 Å². The second kappa shape index (κ2) is 8.71. The summed E-state index contributed by atoms with van der Waals surface area (Å²) in [6, 6.07) is -0.891. The van der Waals surface area contributed by atoms with Crippen molar-refractivity contribution in [3.8, 4) is 0 Å². The molecule has 4 rings (SSSR count). The first-order valence-corrected chi connectivity index (χ1v) is 12.0. The highest BCUT2D eigenvalue weighted by Gasteiger charge is 2.53. The highest BCUT2D eigenvalue weighted by molar-refractivity contribution is 8.00. The maximum atomic E-state index is 12.9. The number of oxime groups is 1. The zero-order valence-electron chi connectivity index (χ0n) is 17.7. The summed E-state index contributed by atoms with van der Waals surface area (Å²) in [5.74, 6) is -2.06. The first-order chi connectivity index (χ1) is 15.2. The van der Waals surface area contributed by atoms with Crippen LogP contribution in [0, 0.1) is 0 Å². The van der Waals surface area contributed by atoms with E-state index in [1.165, 1.54) is 23.8 Å². The average Bonchev–Trinajstić information content (AvgIpc) is 3.37. The van der Waals surface area contributed by atoms with Crippen LogP contribution in [0.3, 0.4) is 0 Å². The minimum atomic E-state index is -1.37. The predicted octanol–water partition coefficient (Wildman–Crippen LogP) is -1.28. The number of carbonyl (C=O) groups is 3. The van der Waals surface area contributed by atoms with Crippen LogP contribution in [-0.4, -0.2) is 88.8 Å². The van der Waals surface area contributed by atoms with E-state index >= 15 is 0 Å². The van der Waals surface area contributed by atoms with Crippen molar-refractivity contribution in [2.75, 3.05) is 45.3 Å². The Hall–Kier alpha value is -2.64.